The monoisotopic (exact) mass is 377 g/mol. The van der Waals surface area contributed by atoms with Crippen molar-refractivity contribution in [2.75, 3.05) is 6.54 Å². The van der Waals surface area contributed by atoms with Crippen LogP contribution in [0.25, 0.3) is 0 Å². The third-order valence-electron chi connectivity index (χ3n) is 3.50. The molecule has 0 saturated carbocycles. The molecular formula is C16H13BrClN3O. The van der Waals surface area contributed by atoms with Gasteiger partial charge in [0, 0.05) is 15.1 Å². The van der Waals surface area contributed by atoms with Gasteiger partial charge in [-0.15, -0.1) is 0 Å². The van der Waals surface area contributed by atoms with Crippen LogP contribution < -0.4 is 5.32 Å². The van der Waals surface area contributed by atoms with Crippen molar-refractivity contribution in [3.05, 3.63) is 69.2 Å². The van der Waals surface area contributed by atoms with Gasteiger partial charge in [0.05, 0.1) is 12.6 Å². The fourth-order valence-corrected chi connectivity index (χ4v) is 2.73. The fourth-order valence-electron chi connectivity index (χ4n) is 2.34. The van der Waals surface area contributed by atoms with Gasteiger partial charge in [-0.2, -0.15) is 10.2 Å². The molecule has 6 heteroatoms. The Hall–Kier alpha value is -1.72. The van der Waals surface area contributed by atoms with Gasteiger partial charge in [-0.25, -0.2) is 0 Å². The zero-order valence-corrected chi connectivity index (χ0v) is 13.9. The Morgan fingerprint density at radius 3 is 2.50 bits per heavy atom. The Labute approximate surface area is 141 Å². The topological polar surface area (TPSA) is 53.8 Å². The van der Waals surface area contributed by atoms with Crippen molar-refractivity contribution in [2.24, 2.45) is 10.2 Å². The standard InChI is InChI=1S/C16H13BrClN3O/c17-12-5-1-10(2-6-12)15-14(9-19-21-15)20-16(22)11-3-7-13(18)8-4-11/h1-8,14-15H,9H2,(H,20,22). The molecule has 1 N–H and O–H groups in total. The second kappa shape index (κ2) is 6.58. The van der Waals surface area contributed by atoms with E-state index in [2.05, 4.69) is 31.5 Å². The molecule has 0 radical (unpaired) electrons. The van der Waals surface area contributed by atoms with Crippen LogP contribution in [0.1, 0.15) is 22.0 Å². The zero-order valence-electron chi connectivity index (χ0n) is 11.5. The molecule has 0 spiro atoms. The molecule has 0 bridgehead atoms. The molecule has 4 nitrogen and oxygen atoms in total. The minimum atomic E-state index is -0.149. The van der Waals surface area contributed by atoms with Crippen LogP contribution in [0.5, 0.6) is 0 Å². The molecule has 0 saturated heterocycles. The predicted molar refractivity (Wildman–Crippen MR) is 89.3 cm³/mol. The minimum absolute atomic E-state index is 0.135. The lowest BCUT2D eigenvalue weighted by atomic mass is 10.0. The largest absolute Gasteiger partial charge is 0.345 e. The number of amides is 1. The first kappa shape index (κ1) is 15.2. The highest BCUT2D eigenvalue weighted by molar-refractivity contribution is 9.10. The van der Waals surface area contributed by atoms with Crippen molar-refractivity contribution in [1.82, 2.24) is 5.32 Å². The number of nitrogens with zero attached hydrogens (tertiary/aromatic N) is 2. The van der Waals surface area contributed by atoms with E-state index >= 15 is 0 Å². The highest BCUT2D eigenvalue weighted by Gasteiger charge is 2.29. The minimum Gasteiger partial charge on any atom is -0.345 e. The molecule has 2 atom stereocenters. The maximum absolute atomic E-state index is 12.3. The van der Waals surface area contributed by atoms with E-state index in [-0.39, 0.29) is 18.0 Å². The molecule has 2 aromatic rings. The maximum Gasteiger partial charge on any atom is 0.251 e. The molecule has 2 aromatic carbocycles. The van der Waals surface area contributed by atoms with Crippen LogP contribution in [0.4, 0.5) is 0 Å². The van der Waals surface area contributed by atoms with E-state index in [0.29, 0.717) is 17.1 Å². The number of azo groups is 1. The summed E-state index contributed by atoms with van der Waals surface area (Å²) in [6.07, 6.45) is 0. The molecule has 1 aliphatic rings. The number of benzene rings is 2. The van der Waals surface area contributed by atoms with Gasteiger partial charge < -0.3 is 5.32 Å². The van der Waals surface area contributed by atoms with E-state index in [9.17, 15) is 4.79 Å². The first-order valence-electron chi connectivity index (χ1n) is 6.82. The van der Waals surface area contributed by atoms with Gasteiger partial charge in [0.15, 0.2) is 0 Å². The van der Waals surface area contributed by atoms with Crippen LogP contribution in [-0.2, 0) is 0 Å². The molecule has 0 aromatic heterocycles. The Morgan fingerprint density at radius 2 is 1.82 bits per heavy atom. The van der Waals surface area contributed by atoms with E-state index in [0.717, 1.165) is 10.0 Å². The van der Waals surface area contributed by atoms with Crippen molar-refractivity contribution >= 4 is 33.4 Å². The summed E-state index contributed by atoms with van der Waals surface area (Å²) in [6, 6.07) is 14.4. The van der Waals surface area contributed by atoms with E-state index in [1.54, 1.807) is 24.3 Å². The summed E-state index contributed by atoms with van der Waals surface area (Å²) < 4.78 is 1.01. The lowest BCUT2D eigenvalue weighted by molar-refractivity contribution is 0.0936. The first-order chi connectivity index (χ1) is 10.6. The van der Waals surface area contributed by atoms with Crippen molar-refractivity contribution in [2.45, 2.75) is 12.1 Å². The normalized spacial score (nSPS) is 20.1. The molecule has 1 aliphatic heterocycles. The molecule has 0 aliphatic carbocycles. The third-order valence-corrected chi connectivity index (χ3v) is 4.28. The van der Waals surface area contributed by atoms with Crippen LogP contribution >= 0.6 is 27.5 Å². The summed E-state index contributed by atoms with van der Waals surface area (Å²) in [6.45, 7) is 0.486. The van der Waals surface area contributed by atoms with Gasteiger partial charge in [0.2, 0.25) is 0 Å². The summed E-state index contributed by atoms with van der Waals surface area (Å²) in [7, 11) is 0. The Kier molecular flexibility index (Phi) is 4.55. The first-order valence-corrected chi connectivity index (χ1v) is 7.99. The summed E-state index contributed by atoms with van der Waals surface area (Å²) in [5, 5.41) is 11.9. The van der Waals surface area contributed by atoms with Gasteiger partial charge in [-0.05, 0) is 42.0 Å². The van der Waals surface area contributed by atoms with Gasteiger partial charge >= 0.3 is 0 Å². The zero-order chi connectivity index (χ0) is 15.5. The Balaban J connectivity index is 1.73. The summed E-state index contributed by atoms with van der Waals surface area (Å²) in [5.41, 5.74) is 1.61. The molecule has 3 rings (SSSR count). The van der Waals surface area contributed by atoms with Crippen LogP contribution in [-0.4, -0.2) is 18.5 Å². The summed E-state index contributed by atoms with van der Waals surface area (Å²) in [4.78, 5) is 12.3. The predicted octanol–water partition coefficient (Wildman–Crippen LogP) is 4.41. The number of carbonyl (C=O) groups excluding carboxylic acids is 1. The number of rotatable bonds is 3. The van der Waals surface area contributed by atoms with Crippen LogP contribution in [0.3, 0.4) is 0 Å². The van der Waals surface area contributed by atoms with Crippen molar-refractivity contribution < 1.29 is 4.79 Å². The van der Waals surface area contributed by atoms with Crippen LogP contribution in [0, 0.1) is 0 Å². The number of hydrogen-bond donors (Lipinski definition) is 1. The van der Waals surface area contributed by atoms with Crippen LogP contribution in [0.15, 0.2) is 63.2 Å². The van der Waals surface area contributed by atoms with Crippen LogP contribution in [0.2, 0.25) is 5.02 Å². The molecule has 112 valence electrons. The number of carbonyl (C=O) groups is 1. The number of halogens is 2. The summed E-state index contributed by atoms with van der Waals surface area (Å²) in [5.74, 6) is -0.143. The van der Waals surface area contributed by atoms with E-state index in [1.807, 2.05) is 24.3 Å². The maximum atomic E-state index is 12.3. The molecule has 2 unspecified atom stereocenters. The summed E-state index contributed by atoms with van der Waals surface area (Å²) >= 11 is 9.25. The third kappa shape index (κ3) is 3.36. The lowest BCUT2D eigenvalue weighted by Crippen LogP contribution is -2.38. The van der Waals surface area contributed by atoms with Crippen molar-refractivity contribution in [1.29, 1.82) is 0 Å². The smallest absolute Gasteiger partial charge is 0.251 e. The average molecular weight is 379 g/mol. The van der Waals surface area contributed by atoms with E-state index in [1.165, 1.54) is 0 Å². The van der Waals surface area contributed by atoms with Gasteiger partial charge in [0.1, 0.15) is 6.04 Å². The van der Waals surface area contributed by atoms with Gasteiger partial charge in [-0.1, -0.05) is 39.7 Å². The quantitative estimate of drug-likeness (QED) is 0.845. The number of nitrogens with one attached hydrogen (secondary N) is 1. The molecule has 1 heterocycles. The van der Waals surface area contributed by atoms with Gasteiger partial charge in [0.25, 0.3) is 5.91 Å². The Morgan fingerprint density at radius 1 is 1.14 bits per heavy atom. The van der Waals surface area contributed by atoms with E-state index in [4.69, 9.17) is 11.6 Å². The van der Waals surface area contributed by atoms with Crippen molar-refractivity contribution in [3.63, 3.8) is 0 Å². The second-order valence-electron chi connectivity index (χ2n) is 5.02. The number of hydrogen-bond acceptors (Lipinski definition) is 3. The second-order valence-corrected chi connectivity index (χ2v) is 6.37. The van der Waals surface area contributed by atoms with E-state index < -0.39 is 0 Å². The Bertz CT molecular complexity index is 700. The molecule has 1 amide bonds. The van der Waals surface area contributed by atoms with Gasteiger partial charge in [-0.3, -0.25) is 4.79 Å². The molecule has 22 heavy (non-hydrogen) atoms. The average Bonchev–Trinajstić information content (AvgIpc) is 2.97. The van der Waals surface area contributed by atoms with Crippen molar-refractivity contribution in [3.8, 4) is 0 Å². The molecule has 0 fully saturated rings. The highest BCUT2D eigenvalue weighted by atomic mass is 79.9. The highest BCUT2D eigenvalue weighted by Crippen LogP contribution is 2.28. The fraction of sp³-hybridized carbons (Fsp3) is 0.188. The SMILES string of the molecule is O=C(NC1CN=NC1c1ccc(Br)cc1)c1ccc(Cl)cc1. The lowest BCUT2D eigenvalue weighted by Gasteiger charge is -2.18. The molecular weight excluding hydrogens is 366 g/mol.